The molecule has 3 rings (SSSR count). The monoisotopic (exact) mass is 280 g/mol. The van der Waals surface area contributed by atoms with Crippen molar-refractivity contribution >= 4 is 11.0 Å². The number of nitrogens with zero attached hydrogens (tertiary/aromatic N) is 3. The summed E-state index contributed by atoms with van der Waals surface area (Å²) in [6.45, 7) is 6.16. The van der Waals surface area contributed by atoms with Crippen molar-refractivity contribution in [1.82, 2.24) is 20.3 Å². The molecule has 3 aromatic rings. The van der Waals surface area contributed by atoms with Crippen LogP contribution in [0.25, 0.3) is 16.7 Å². The van der Waals surface area contributed by atoms with Gasteiger partial charge < -0.3 is 5.32 Å². The van der Waals surface area contributed by atoms with E-state index in [2.05, 4.69) is 53.7 Å². The minimum Gasteiger partial charge on any atom is -0.313 e. The summed E-state index contributed by atoms with van der Waals surface area (Å²) in [4.78, 5) is 0. The van der Waals surface area contributed by atoms with Gasteiger partial charge in [0.15, 0.2) is 0 Å². The highest BCUT2D eigenvalue weighted by molar-refractivity contribution is 5.76. The van der Waals surface area contributed by atoms with Crippen molar-refractivity contribution in [3.63, 3.8) is 0 Å². The minimum atomic E-state index is 0.846. The highest BCUT2D eigenvalue weighted by Gasteiger charge is 2.10. The van der Waals surface area contributed by atoms with E-state index in [4.69, 9.17) is 0 Å². The SMILES string of the molecule is CCCNCc1cc(C)ccc1-n1nnc2ccccc21. The molecule has 0 bridgehead atoms. The Bertz CT molecular complexity index is 745. The number of nitrogens with one attached hydrogen (secondary N) is 1. The van der Waals surface area contributed by atoms with Gasteiger partial charge in [-0.2, -0.15) is 0 Å². The summed E-state index contributed by atoms with van der Waals surface area (Å²) >= 11 is 0. The van der Waals surface area contributed by atoms with Crippen molar-refractivity contribution in [2.75, 3.05) is 6.54 Å². The summed E-state index contributed by atoms with van der Waals surface area (Å²) in [7, 11) is 0. The van der Waals surface area contributed by atoms with Crippen LogP contribution in [0.2, 0.25) is 0 Å². The number of rotatable bonds is 5. The van der Waals surface area contributed by atoms with Crippen molar-refractivity contribution in [2.24, 2.45) is 0 Å². The third-order valence-electron chi connectivity index (χ3n) is 3.56. The zero-order valence-corrected chi connectivity index (χ0v) is 12.5. The second kappa shape index (κ2) is 6.06. The molecule has 4 heteroatoms. The maximum absolute atomic E-state index is 4.32. The Hall–Kier alpha value is -2.20. The number of benzene rings is 2. The van der Waals surface area contributed by atoms with Crippen LogP contribution in [0.4, 0.5) is 0 Å². The lowest BCUT2D eigenvalue weighted by molar-refractivity contribution is 0.669. The standard InChI is InChI=1S/C17H20N4/c1-3-10-18-12-14-11-13(2)8-9-16(14)21-17-7-5-4-6-15(17)19-20-21/h4-9,11,18H,3,10,12H2,1-2H3. The van der Waals surface area contributed by atoms with Crippen molar-refractivity contribution in [2.45, 2.75) is 26.8 Å². The predicted molar refractivity (Wildman–Crippen MR) is 85.6 cm³/mol. The third-order valence-corrected chi connectivity index (χ3v) is 3.56. The molecule has 0 aliphatic heterocycles. The van der Waals surface area contributed by atoms with E-state index in [9.17, 15) is 0 Å². The van der Waals surface area contributed by atoms with Gasteiger partial charge in [0.25, 0.3) is 0 Å². The summed E-state index contributed by atoms with van der Waals surface area (Å²) in [6.07, 6.45) is 1.13. The molecule has 0 fully saturated rings. The van der Waals surface area contributed by atoms with Crippen LogP contribution < -0.4 is 5.32 Å². The maximum atomic E-state index is 4.32. The maximum Gasteiger partial charge on any atom is 0.113 e. The summed E-state index contributed by atoms with van der Waals surface area (Å²) in [5, 5.41) is 12.0. The van der Waals surface area contributed by atoms with Gasteiger partial charge in [-0.3, -0.25) is 0 Å². The molecule has 0 atom stereocenters. The van der Waals surface area contributed by atoms with Crippen LogP contribution in [0.3, 0.4) is 0 Å². The molecule has 1 heterocycles. The van der Waals surface area contributed by atoms with Gasteiger partial charge in [-0.15, -0.1) is 5.10 Å². The van der Waals surface area contributed by atoms with Crippen LogP contribution in [-0.4, -0.2) is 21.5 Å². The molecule has 21 heavy (non-hydrogen) atoms. The second-order valence-corrected chi connectivity index (χ2v) is 5.30. The van der Waals surface area contributed by atoms with Crippen molar-refractivity contribution in [3.05, 3.63) is 53.6 Å². The Morgan fingerprint density at radius 3 is 2.86 bits per heavy atom. The van der Waals surface area contributed by atoms with E-state index in [1.807, 2.05) is 22.9 Å². The largest absolute Gasteiger partial charge is 0.313 e. The van der Waals surface area contributed by atoms with Crippen LogP contribution in [0.1, 0.15) is 24.5 Å². The Morgan fingerprint density at radius 1 is 1.14 bits per heavy atom. The van der Waals surface area contributed by atoms with E-state index in [0.717, 1.165) is 36.2 Å². The highest BCUT2D eigenvalue weighted by Crippen LogP contribution is 2.20. The number of para-hydroxylation sites is 1. The van der Waals surface area contributed by atoms with Gasteiger partial charge in [0.2, 0.25) is 0 Å². The number of aryl methyl sites for hydroxylation is 1. The van der Waals surface area contributed by atoms with E-state index in [-0.39, 0.29) is 0 Å². The Kier molecular flexibility index (Phi) is 3.97. The molecule has 0 aliphatic rings. The summed E-state index contributed by atoms with van der Waals surface area (Å²) < 4.78 is 1.93. The lowest BCUT2D eigenvalue weighted by Gasteiger charge is -2.12. The Labute approximate surface area is 124 Å². The molecule has 4 nitrogen and oxygen atoms in total. The molecule has 0 radical (unpaired) electrons. The first-order valence-corrected chi connectivity index (χ1v) is 7.40. The zero-order valence-electron chi connectivity index (χ0n) is 12.5. The van der Waals surface area contributed by atoms with Gasteiger partial charge in [-0.05, 0) is 43.7 Å². The van der Waals surface area contributed by atoms with E-state index in [1.165, 1.54) is 11.1 Å². The Balaban J connectivity index is 2.04. The first-order valence-electron chi connectivity index (χ1n) is 7.40. The second-order valence-electron chi connectivity index (χ2n) is 5.30. The van der Waals surface area contributed by atoms with Crippen molar-refractivity contribution < 1.29 is 0 Å². The molecule has 1 aromatic heterocycles. The summed E-state index contributed by atoms with van der Waals surface area (Å²) in [5.41, 5.74) is 5.57. The summed E-state index contributed by atoms with van der Waals surface area (Å²) in [6, 6.07) is 14.5. The van der Waals surface area contributed by atoms with Crippen LogP contribution in [0, 0.1) is 6.92 Å². The van der Waals surface area contributed by atoms with Crippen LogP contribution in [-0.2, 0) is 6.54 Å². The number of fused-ring (bicyclic) bond motifs is 1. The average Bonchev–Trinajstić information content (AvgIpc) is 2.92. The molecule has 0 saturated heterocycles. The molecule has 0 unspecified atom stereocenters. The van der Waals surface area contributed by atoms with E-state index in [1.54, 1.807) is 0 Å². The van der Waals surface area contributed by atoms with Crippen LogP contribution in [0.5, 0.6) is 0 Å². The topological polar surface area (TPSA) is 42.7 Å². The fourth-order valence-corrected chi connectivity index (χ4v) is 2.51. The molecular weight excluding hydrogens is 260 g/mol. The zero-order chi connectivity index (χ0) is 14.7. The molecule has 0 aliphatic carbocycles. The third kappa shape index (κ3) is 2.81. The number of hydrogen-bond acceptors (Lipinski definition) is 3. The molecule has 1 N–H and O–H groups in total. The van der Waals surface area contributed by atoms with Gasteiger partial charge in [-0.25, -0.2) is 4.68 Å². The van der Waals surface area contributed by atoms with E-state index < -0.39 is 0 Å². The molecule has 0 amide bonds. The normalized spacial score (nSPS) is 11.1. The van der Waals surface area contributed by atoms with Gasteiger partial charge in [0.05, 0.1) is 11.2 Å². The number of aromatic nitrogens is 3. The van der Waals surface area contributed by atoms with Crippen LogP contribution >= 0.6 is 0 Å². The molecule has 0 spiro atoms. The van der Waals surface area contributed by atoms with Gasteiger partial charge in [-0.1, -0.05) is 42.0 Å². The lowest BCUT2D eigenvalue weighted by Crippen LogP contribution is -2.16. The van der Waals surface area contributed by atoms with E-state index >= 15 is 0 Å². The highest BCUT2D eigenvalue weighted by atomic mass is 15.4. The van der Waals surface area contributed by atoms with Gasteiger partial charge in [0, 0.05) is 6.54 Å². The van der Waals surface area contributed by atoms with Crippen LogP contribution in [0.15, 0.2) is 42.5 Å². The first-order chi connectivity index (χ1) is 10.3. The smallest absolute Gasteiger partial charge is 0.113 e. The quantitative estimate of drug-likeness (QED) is 0.730. The average molecular weight is 280 g/mol. The van der Waals surface area contributed by atoms with Crippen molar-refractivity contribution in [3.8, 4) is 5.69 Å². The lowest BCUT2D eigenvalue weighted by atomic mass is 10.1. The van der Waals surface area contributed by atoms with Gasteiger partial charge >= 0.3 is 0 Å². The fraction of sp³-hybridized carbons (Fsp3) is 0.294. The predicted octanol–water partition coefficient (Wildman–Crippen LogP) is 3.23. The first kappa shape index (κ1) is 13.8. The molecular formula is C17H20N4. The Morgan fingerprint density at radius 2 is 2.00 bits per heavy atom. The molecule has 108 valence electrons. The summed E-state index contributed by atoms with van der Waals surface area (Å²) in [5.74, 6) is 0. The van der Waals surface area contributed by atoms with E-state index in [0.29, 0.717) is 0 Å². The van der Waals surface area contributed by atoms with Crippen molar-refractivity contribution in [1.29, 1.82) is 0 Å². The van der Waals surface area contributed by atoms with Gasteiger partial charge in [0.1, 0.15) is 5.52 Å². The minimum absolute atomic E-state index is 0.846. The molecule has 0 saturated carbocycles. The molecule has 2 aromatic carbocycles. The number of hydrogen-bond donors (Lipinski definition) is 1. The fourth-order valence-electron chi connectivity index (χ4n) is 2.51.